The SMILES string of the molecule is CC(C)Nc1c(N)cc(Br)c(F)c1F. The van der Waals surface area contributed by atoms with Gasteiger partial charge in [0.1, 0.15) is 0 Å². The summed E-state index contributed by atoms with van der Waals surface area (Å²) in [5.41, 5.74) is 5.74. The molecule has 0 amide bonds. The van der Waals surface area contributed by atoms with Crippen LogP contribution in [0.3, 0.4) is 0 Å². The van der Waals surface area contributed by atoms with Gasteiger partial charge in [-0.05, 0) is 35.8 Å². The summed E-state index contributed by atoms with van der Waals surface area (Å²) < 4.78 is 26.5. The minimum atomic E-state index is -0.953. The van der Waals surface area contributed by atoms with E-state index in [1.165, 1.54) is 6.07 Å². The third-order valence-corrected chi connectivity index (χ3v) is 2.20. The molecule has 0 aliphatic rings. The molecule has 0 saturated heterocycles. The smallest absolute Gasteiger partial charge is 0.185 e. The monoisotopic (exact) mass is 264 g/mol. The van der Waals surface area contributed by atoms with Crippen LogP contribution in [0.5, 0.6) is 0 Å². The Kier molecular flexibility index (Phi) is 3.31. The van der Waals surface area contributed by atoms with E-state index in [9.17, 15) is 8.78 Å². The molecule has 0 bridgehead atoms. The van der Waals surface area contributed by atoms with Crippen molar-refractivity contribution in [3.05, 3.63) is 22.2 Å². The molecule has 0 aliphatic heterocycles. The zero-order valence-electron chi connectivity index (χ0n) is 7.87. The Morgan fingerprint density at radius 2 is 1.93 bits per heavy atom. The second-order valence-electron chi connectivity index (χ2n) is 3.25. The maximum Gasteiger partial charge on any atom is 0.185 e. The number of nitrogens with one attached hydrogen (secondary N) is 1. The first-order valence-corrected chi connectivity index (χ1v) is 4.92. The molecule has 78 valence electrons. The molecule has 0 aromatic heterocycles. The molecule has 0 spiro atoms. The van der Waals surface area contributed by atoms with Gasteiger partial charge in [0.05, 0.1) is 15.8 Å². The third kappa shape index (κ3) is 2.15. The van der Waals surface area contributed by atoms with Crippen LogP contribution in [0.4, 0.5) is 20.2 Å². The van der Waals surface area contributed by atoms with Gasteiger partial charge in [-0.3, -0.25) is 0 Å². The minimum Gasteiger partial charge on any atom is -0.397 e. The van der Waals surface area contributed by atoms with Crippen molar-refractivity contribution in [1.29, 1.82) is 0 Å². The van der Waals surface area contributed by atoms with Crippen LogP contribution in [-0.4, -0.2) is 6.04 Å². The fraction of sp³-hybridized carbons (Fsp3) is 0.333. The second kappa shape index (κ2) is 4.13. The zero-order chi connectivity index (χ0) is 10.9. The van der Waals surface area contributed by atoms with E-state index in [4.69, 9.17) is 5.73 Å². The lowest BCUT2D eigenvalue weighted by Gasteiger charge is -2.14. The minimum absolute atomic E-state index is 0.00706. The van der Waals surface area contributed by atoms with Crippen molar-refractivity contribution in [1.82, 2.24) is 0 Å². The Labute approximate surface area is 89.6 Å². The first kappa shape index (κ1) is 11.2. The number of nitrogen functional groups attached to an aromatic ring is 1. The number of halogens is 3. The lowest BCUT2D eigenvalue weighted by atomic mass is 10.2. The van der Waals surface area contributed by atoms with E-state index in [-0.39, 0.29) is 21.9 Å². The van der Waals surface area contributed by atoms with Crippen molar-refractivity contribution in [2.24, 2.45) is 0 Å². The summed E-state index contributed by atoms with van der Waals surface area (Å²) in [5.74, 6) is -1.88. The Balaban J connectivity index is 3.22. The summed E-state index contributed by atoms with van der Waals surface area (Å²) in [6.07, 6.45) is 0. The summed E-state index contributed by atoms with van der Waals surface area (Å²) in [7, 11) is 0. The molecule has 0 radical (unpaired) electrons. The van der Waals surface area contributed by atoms with Crippen molar-refractivity contribution in [3.8, 4) is 0 Å². The van der Waals surface area contributed by atoms with Gasteiger partial charge in [0.25, 0.3) is 0 Å². The maximum atomic E-state index is 13.3. The van der Waals surface area contributed by atoms with Crippen LogP contribution in [-0.2, 0) is 0 Å². The van der Waals surface area contributed by atoms with Gasteiger partial charge in [-0.1, -0.05) is 0 Å². The van der Waals surface area contributed by atoms with E-state index in [0.29, 0.717) is 0 Å². The van der Waals surface area contributed by atoms with Gasteiger partial charge < -0.3 is 11.1 Å². The Morgan fingerprint density at radius 1 is 1.36 bits per heavy atom. The van der Waals surface area contributed by atoms with Crippen LogP contribution in [0.15, 0.2) is 10.5 Å². The highest BCUT2D eigenvalue weighted by atomic mass is 79.9. The van der Waals surface area contributed by atoms with Crippen molar-refractivity contribution >= 4 is 27.3 Å². The van der Waals surface area contributed by atoms with E-state index in [1.54, 1.807) is 0 Å². The average Bonchev–Trinajstić information content (AvgIpc) is 2.09. The standard InChI is InChI=1S/C9H11BrF2N2/c1-4(2)14-9-6(13)3-5(10)7(11)8(9)12/h3-4,14H,13H2,1-2H3. The molecular formula is C9H11BrF2N2. The Hall–Kier alpha value is -0.840. The van der Waals surface area contributed by atoms with Crippen molar-refractivity contribution in [3.63, 3.8) is 0 Å². The molecule has 0 aliphatic carbocycles. The van der Waals surface area contributed by atoms with Gasteiger partial charge in [0.15, 0.2) is 11.6 Å². The normalized spacial score (nSPS) is 10.7. The lowest BCUT2D eigenvalue weighted by molar-refractivity contribution is 0.506. The van der Waals surface area contributed by atoms with Gasteiger partial charge in [0, 0.05) is 6.04 Å². The highest BCUT2D eigenvalue weighted by Gasteiger charge is 2.16. The number of anilines is 2. The van der Waals surface area contributed by atoms with Crippen LogP contribution in [0.1, 0.15) is 13.8 Å². The Morgan fingerprint density at radius 3 is 2.43 bits per heavy atom. The molecule has 1 aromatic carbocycles. The summed E-state index contributed by atoms with van der Waals surface area (Å²) >= 11 is 2.87. The predicted molar refractivity (Wildman–Crippen MR) is 57.2 cm³/mol. The van der Waals surface area contributed by atoms with Crippen LogP contribution < -0.4 is 11.1 Å². The molecule has 14 heavy (non-hydrogen) atoms. The maximum absolute atomic E-state index is 13.3. The van der Waals surface area contributed by atoms with Crippen molar-refractivity contribution in [2.75, 3.05) is 11.1 Å². The molecule has 3 N–H and O–H groups in total. The van der Waals surface area contributed by atoms with E-state index in [1.807, 2.05) is 13.8 Å². The second-order valence-corrected chi connectivity index (χ2v) is 4.10. The largest absolute Gasteiger partial charge is 0.397 e. The van der Waals surface area contributed by atoms with Gasteiger partial charge >= 0.3 is 0 Å². The Bertz CT molecular complexity index is 353. The molecular weight excluding hydrogens is 254 g/mol. The molecule has 1 aromatic rings. The van der Waals surface area contributed by atoms with Crippen molar-refractivity contribution < 1.29 is 8.78 Å². The molecule has 2 nitrogen and oxygen atoms in total. The molecule has 0 fully saturated rings. The summed E-state index contributed by atoms with van der Waals surface area (Å²) in [5, 5.41) is 2.75. The molecule has 0 atom stereocenters. The van der Waals surface area contributed by atoms with E-state index in [2.05, 4.69) is 21.2 Å². The fourth-order valence-corrected chi connectivity index (χ4v) is 1.47. The predicted octanol–water partition coefficient (Wildman–Crippen LogP) is 3.13. The van der Waals surface area contributed by atoms with Gasteiger partial charge in [-0.25, -0.2) is 8.78 Å². The zero-order valence-corrected chi connectivity index (χ0v) is 9.45. The fourth-order valence-electron chi connectivity index (χ4n) is 1.05. The van der Waals surface area contributed by atoms with E-state index < -0.39 is 11.6 Å². The van der Waals surface area contributed by atoms with Gasteiger partial charge in [0.2, 0.25) is 0 Å². The molecule has 0 saturated carbocycles. The number of rotatable bonds is 2. The van der Waals surface area contributed by atoms with Crippen molar-refractivity contribution in [2.45, 2.75) is 19.9 Å². The highest BCUT2D eigenvalue weighted by molar-refractivity contribution is 9.10. The van der Waals surface area contributed by atoms with Crippen LogP contribution in [0, 0.1) is 11.6 Å². The third-order valence-electron chi connectivity index (χ3n) is 1.63. The summed E-state index contributed by atoms with van der Waals surface area (Å²) in [4.78, 5) is 0. The number of nitrogens with two attached hydrogens (primary N) is 1. The first-order valence-electron chi connectivity index (χ1n) is 4.13. The average molecular weight is 265 g/mol. The quantitative estimate of drug-likeness (QED) is 0.636. The first-order chi connectivity index (χ1) is 6.43. The van der Waals surface area contributed by atoms with Crippen LogP contribution >= 0.6 is 15.9 Å². The highest BCUT2D eigenvalue weighted by Crippen LogP contribution is 2.30. The lowest BCUT2D eigenvalue weighted by Crippen LogP contribution is -2.13. The molecule has 0 unspecified atom stereocenters. The van der Waals surface area contributed by atoms with E-state index in [0.717, 1.165) is 0 Å². The van der Waals surface area contributed by atoms with Gasteiger partial charge in [-0.15, -0.1) is 0 Å². The molecule has 5 heteroatoms. The summed E-state index contributed by atoms with van der Waals surface area (Å²) in [6.45, 7) is 3.64. The number of hydrogen-bond donors (Lipinski definition) is 2. The van der Waals surface area contributed by atoms with Crippen LogP contribution in [0.25, 0.3) is 0 Å². The summed E-state index contributed by atoms with van der Waals surface area (Å²) in [6, 6.07) is 1.33. The number of benzene rings is 1. The number of hydrogen-bond acceptors (Lipinski definition) is 2. The molecule has 1 rings (SSSR count). The van der Waals surface area contributed by atoms with Gasteiger partial charge in [-0.2, -0.15) is 0 Å². The van der Waals surface area contributed by atoms with E-state index >= 15 is 0 Å². The molecule has 0 heterocycles. The van der Waals surface area contributed by atoms with Crippen LogP contribution in [0.2, 0.25) is 0 Å². The topological polar surface area (TPSA) is 38.0 Å².